The maximum atomic E-state index is 11.7. The van der Waals surface area contributed by atoms with Crippen molar-refractivity contribution in [1.29, 1.82) is 0 Å². The lowest BCUT2D eigenvalue weighted by Crippen LogP contribution is -2.39. The highest BCUT2D eigenvalue weighted by atomic mass is 32.1. The third-order valence-electron chi connectivity index (χ3n) is 3.12. The molecule has 0 saturated carbocycles. The van der Waals surface area contributed by atoms with Gasteiger partial charge in [0, 0.05) is 18.0 Å². The molecule has 21 heavy (non-hydrogen) atoms. The zero-order valence-corrected chi connectivity index (χ0v) is 13.5. The topological polar surface area (TPSA) is 61.4 Å². The van der Waals surface area contributed by atoms with Crippen LogP contribution in [0.2, 0.25) is 0 Å². The molecule has 4 nitrogen and oxygen atoms in total. The summed E-state index contributed by atoms with van der Waals surface area (Å²) in [6.45, 7) is 2.96. The summed E-state index contributed by atoms with van der Waals surface area (Å²) in [6.07, 6.45) is 0.320. The summed E-state index contributed by atoms with van der Waals surface area (Å²) < 4.78 is 0. The number of carbonyl (C=O) groups excluding carboxylic acids is 1. The molecule has 0 radical (unpaired) electrons. The van der Waals surface area contributed by atoms with E-state index < -0.39 is 6.10 Å². The van der Waals surface area contributed by atoms with Gasteiger partial charge < -0.3 is 15.7 Å². The van der Waals surface area contributed by atoms with Gasteiger partial charge in [-0.2, -0.15) is 11.3 Å². The highest BCUT2D eigenvalue weighted by Crippen LogP contribution is 2.15. The number of thiophene rings is 2. The summed E-state index contributed by atoms with van der Waals surface area (Å²) in [5.41, 5.74) is 0.839. The molecule has 0 fully saturated rings. The Hall–Kier alpha value is -1.37. The van der Waals surface area contributed by atoms with Crippen LogP contribution in [0.1, 0.15) is 23.5 Å². The van der Waals surface area contributed by atoms with Crippen molar-refractivity contribution in [1.82, 2.24) is 10.6 Å². The molecule has 0 spiro atoms. The van der Waals surface area contributed by atoms with Crippen LogP contribution in [0.3, 0.4) is 0 Å². The van der Waals surface area contributed by atoms with Gasteiger partial charge in [0.2, 0.25) is 0 Å². The molecule has 0 unspecified atom stereocenters. The smallest absolute Gasteiger partial charge is 0.314 e. The Morgan fingerprint density at radius 3 is 2.76 bits per heavy atom. The van der Waals surface area contributed by atoms with Crippen LogP contribution < -0.4 is 10.6 Å². The van der Waals surface area contributed by atoms with Crippen molar-refractivity contribution in [3.05, 3.63) is 44.8 Å². The summed E-state index contributed by atoms with van der Waals surface area (Å²) in [5, 5.41) is 21.3. The molecule has 2 heterocycles. The first-order valence-electron chi connectivity index (χ1n) is 6.89. The van der Waals surface area contributed by atoms with Gasteiger partial charge >= 0.3 is 6.03 Å². The molecule has 0 bridgehead atoms. The van der Waals surface area contributed by atoms with Crippen LogP contribution in [0.4, 0.5) is 4.79 Å². The molecule has 0 aliphatic rings. The van der Waals surface area contributed by atoms with Gasteiger partial charge in [0.25, 0.3) is 0 Å². The number of aliphatic hydroxyl groups excluding tert-OH is 1. The van der Waals surface area contributed by atoms with E-state index in [9.17, 15) is 9.90 Å². The monoisotopic (exact) mass is 324 g/mol. The Kier molecular flexibility index (Phi) is 6.22. The summed E-state index contributed by atoms with van der Waals surface area (Å²) in [7, 11) is 0. The van der Waals surface area contributed by atoms with Crippen molar-refractivity contribution in [3.63, 3.8) is 0 Å². The van der Waals surface area contributed by atoms with Crippen LogP contribution in [-0.4, -0.2) is 24.2 Å². The van der Waals surface area contributed by atoms with Crippen LogP contribution in [0.5, 0.6) is 0 Å². The Labute approximate surface area is 132 Å². The average molecular weight is 324 g/mol. The molecule has 0 aromatic carbocycles. The Morgan fingerprint density at radius 1 is 1.29 bits per heavy atom. The minimum atomic E-state index is -0.648. The van der Waals surface area contributed by atoms with Crippen LogP contribution in [0.15, 0.2) is 34.3 Å². The molecular weight excluding hydrogens is 304 g/mol. The van der Waals surface area contributed by atoms with E-state index >= 15 is 0 Å². The van der Waals surface area contributed by atoms with Gasteiger partial charge in [-0.1, -0.05) is 13.0 Å². The molecule has 6 heteroatoms. The van der Waals surface area contributed by atoms with E-state index in [-0.39, 0.29) is 12.6 Å². The number of rotatable bonds is 7. The first-order valence-corrected chi connectivity index (χ1v) is 8.71. The quantitative estimate of drug-likeness (QED) is 0.733. The van der Waals surface area contributed by atoms with Crippen LogP contribution in [0, 0.1) is 5.92 Å². The van der Waals surface area contributed by atoms with Crippen LogP contribution >= 0.6 is 22.7 Å². The summed E-state index contributed by atoms with van der Waals surface area (Å²) in [5.74, 6) is 0.385. The number of amides is 2. The zero-order valence-electron chi connectivity index (χ0n) is 11.9. The standard InChI is InChI=1S/C15H20N2O2S2/c1-11(7-13-3-2-5-21-13)8-16-15(19)17-9-14(18)12-4-6-20-10-12/h2-6,10-11,14,18H,7-9H2,1H3,(H2,16,17,19)/t11-,14-/m1/s1. The second kappa shape index (κ2) is 8.17. The molecule has 2 aromatic rings. The SMILES string of the molecule is C[C@@H](CNC(=O)NC[C@@H](O)c1ccsc1)Cc1cccs1. The molecule has 2 aromatic heterocycles. The maximum Gasteiger partial charge on any atom is 0.314 e. The van der Waals surface area contributed by atoms with E-state index in [1.807, 2.05) is 22.9 Å². The van der Waals surface area contributed by atoms with E-state index in [0.29, 0.717) is 12.5 Å². The van der Waals surface area contributed by atoms with E-state index in [0.717, 1.165) is 12.0 Å². The van der Waals surface area contributed by atoms with Crippen molar-refractivity contribution < 1.29 is 9.90 Å². The first kappa shape index (κ1) is 16.0. The largest absolute Gasteiger partial charge is 0.387 e. The van der Waals surface area contributed by atoms with E-state index in [2.05, 4.69) is 29.0 Å². The third-order valence-corrected chi connectivity index (χ3v) is 4.72. The second-order valence-electron chi connectivity index (χ2n) is 5.05. The summed E-state index contributed by atoms with van der Waals surface area (Å²) in [4.78, 5) is 13.0. The van der Waals surface area contributed by atoms with Crippen molar-refractivity contribution in [2.75, 3.05) is 13.1 Å². The van der Waals surface area contributed by atoms with Gasteiger partial charge in [0.15, 0.2) is 0 Å². The maximum absolute atomic E-state index is 11.7. The van der Waals surface area contributed by atoms with Crippen molar-refractivity contribution in [3.8, 4) is 0 Å². The minimum absolute atomic E-state index is 0.224. The highest BCUT2D eigenvalue weighted by molar-refractivity contribution is 7.09. The highest BCUT2D eigenvalue weighted by Gasteiger charge is 2.11. The number of hydrogen-bond acceptors (Lipinski definition) is 4. The fourth-order valence-corrected chi connectivity index (χ4v) is 3.52. The zero-order chi connectivity index (χ0) is 15.1. The molecular formula is C15H20N2O2S2. The normalized spacial score (nSPS) is 13.6. The second-order valence-corrected chi connectivity index (χ2v) is 6.86. The van der Waals surface area contributed by atoms with E-state index in [1.54, 1.807) is 11.3 Å². The third kappa shape index (κ3) is 5.49. The van der Waals surface area contributed by atoms with Crippen LogP contribution in [-0.2, 0) is 6.42 Å². The van der Waals surface area contributed by atoms with Gasteiger partial charge in [-0.3, -0.25) is 0 Å². The fraction of sp³-hybridized carbons (Fsp3) is 0.400. The molecule has 0 saturated heterocycles. The predicted molar refractivity (Wildman–Crippen MR) is 87.9 cm³/mol. The fourth-order valence-electron chi connectivity index (χ4n) is 1.95. The lowest BCUT2D eigenvalue weighted by atomic mass is 10.1. The minimum Gasteiger partial charge on any atom is -0.387 e. The van der Waals surface area contributed by atoms with Crippen molar-refractivity contribution in [2.45, 2.75) is 19.4 Å². The molecule has 2 atom stereocenters. The number of aliphatic hydroxyl groups is 1. The number of nitrogens with one attached hydrogen (secondary N) is 2. The Bertz CT molecular complexity index is 526. The molecule has 2 rings (SSSR count). The van der Waals surface area contributed by atoms with E-state index in [1.165, 1.54) is 16.2 Å². The Balaban J connectivity index is 1.63. The summed E-state index contributed by atoms with van der Waals surface area (Å²) in [6, 6.07) is 5.78. The lowest BCUT2D eigenvalue weighted by Gasteiger charge is -2.14. The molecule has 0 aliphatic heterocycles. The van der Waals surface area contributed by atoms with Gasteiger partial charge in [0.1, 0.15) is 0 Å². The molecule has 0 aliphatic carbocycles. The number of urea groups is 1. The molecule has 114 valence electrons. The number of hydrogen-bond donors (Lipinski definition) is 3. The first-order chi connectivity index (χ1) is 10.1. The summed E-state index contributed by atoms with van der Waals surface area (Å²) >= 11 is 3.27. The Morgan fingerprint density at radius 2 is 2.10 bits per heavy atom. The van der Waals surface area contributed by atoms with E-state index in [4.69, 9.17) is 0 Å². The van der Waals surface area contributed by atoms with Gasteiger partial charge in [-0.05, 0) is 46.2 Å². The van der Waals surface area contributed by atoms with Gasteiger partial charge in [0.05, 0.1) is 6.10 Å². The number of carbonyl (C=O) groups is 1. The van der Waals surface area contributed by atoms with Gasteiger partial charge in [-0.15, -0.1) is 11.3 Å². The lowest BCUT2D eigenvalue weighted by molar-refractivity contribution is 0.173. The molecule has 3 N–H and O–H groups in total. The van der Waals surface area contributed by atoms with Crippen molar-refractivity contribution in [2.24, 2.45) is 5.92 Å². The predicted octanol–water partition coefficient (Wildman–Crippen LogP) is 3.02. The van der Waals surface area contributed by atoms with Crippen molar-refractivity contribution >= 4 is 28.7 Å². The molecule has 2 amide bonds. The van der Waals surface area contributed by atoms with Crippen LogP contribution in [0.25, 0.3) is 0 Å². The average Bonchev–Trinajstić information content (AvgIpc) is 3.15. The van der Waals surface area contributed by atoms with Gasteiger partial charge in [-0.25, -0.2) is 4.79 Å².